The fourth-order valence-electron chi connectivity index (χ4n) is 3.04. The van der Waals surface area contributed by atoms with Crippen molar-refractivity contribution >= 4 is 29.0 Å². The van der Waals surface area contributed by atoms with Crippen LogP contribution in [-0.2, 0) is 4.79 Å². The highest BCUT2D eigenvalue weighted by molar-refractivity contribution is 8.01. The number of carbonyl (C=O) groups is 1. The third-order valence-electron chi connectivity index (χ3n) is 4.36. The summed E-state index contributed by atoms with van der Waals surface area (Å²) in [5.41, 5.74) is 1.73. The quantitative estimate of drug-likeness (QED) is 0.712. The Kier molecular flexibility index (Phi) is 5.89. The first kappa shape index (κ1) is 17.4. The zero-order valence-electron chi connectivity index (χ0n) is 13.7. The number of amides is 1. The number of nitrogens with zero attached hydrogens (tertiary/aromatic N) is 2. The highest BCUT2D eigenvalue weighted by Gasteiger charge is 2.25. The molecule has 3 rings (SSSR count). The average Bonchev–Trinajstić information content (AvgIpc) is 3.09. The van der Waals surface area contributed by atoms with Crippen molar-refractivity contribution in [2.24, 2.45) is 0 Å². The molecule has 0 saturated carbocycles. The molecule has 0 N–H and O–H groups in total. The van der Waals surface area contributed by atoms with Gasteiger partial charge in [0.25, 0.3) is 0 Å². The van der Waals surface area contributed by atoms with Crippen LogP contribution in [0, 0.1) is 5.82 Å². The topological polar surface area (TPSA) is 33.2 Å². The van der Waals surface area contributed by atoms with Crippen LogP contribution < -0.4 is 0 Å². The monoisotopic (exact) mass is 364 g/mol. The fraction of sp³-hybridized carbons (Fsp3) is 0.444. The van der Waals surface area contributed by atoms with E-state index in [-0.39, 0.29) is 11.7 Å². The van der Waals surface area contributed by atoms with Crippen LogP contribution in [0.5, 0.6) is 0 Å². The maximum Gasteiger partial charge on any atom is 0.233 e. The molecule has 3 nitrogen and oxygen atoms in total. The smallest absolute Gasteiger partial charge is 0.233 e. The molecule has 0 aliphatic carbocycles. The van der Waals surface area contributed by atoms with Crippen molar-refractivity contribution in [2.75, 3.05) is 12.3 Å². The first-order valence-electron chi connectivity index (χ1n) is 8.31. The Labute approximate surface area is 150 Å². The van der Waals surface area contributed by atoms with Gasteiger partial charge in [-0.15, -0.1) is 11.3 Å². The van der Waals surface area contributed by atoms with Crippen LogP contribution in [0.15, 0.2) is 34.0 Å². The second-order valence-electron chi connectivity index (χ2n) is 5.94. The van der Waals surface area contributed by atoms with Crippen LogP contribution in [-0.4, -0.2) is 34.1 Å². The van der Waals surface area contributed by atoms with Crippen molar-refractivity contribution in [3.8, 4) is 11.3 Å². The Morgan fingerprint density at radius 2 is 2.17 bits per heavy atom. The third kappa shape index (κ3) is 4.16. The van der Waals surface area contributed by atoms with Gasteiger partial charge in [0.15, 0.2) is 4.34 Å². The van der Waals surface area contributed by atoms with E-state index in [1.807, 2.05) is 10.3 Å². The first-order valence-corrected chi connectivity index (χ1v) is 10.2. The Morgan fingerprint density at radius 1 is 1.38 bits per heavy atom. The van der Waals surface area contributed by atoms with Crippen molar-refractivity contribution in [1.29, 1.82) is 0 Å². The van der Waals surface area contributed by atoms with Crippen molar-refractivity contribution in [3.05, 3.63) is 35.5 Å². The largest absolute Gasteiger partial charge is 0.339 e. The molecule has 1 aliphatic heterocycles. The lowest BCUT2D eigenvalue weighted by Gasteiger charge is -2.35. The molecule has 1 fully saturated rings. The van der Waals surface area contributed by atoms with E-state index in [9.17, 15) is 9.18 Å². The second-order valence-corrected chi connectivity index (χ2v) is 8.02. The van der Waals surface area contributed by atoms with Crippen LogP contribution >= 0.6 is 23.1 Å². The number of benzene rings is 1. The minimum atomic E-state index is -0.249. The van der Waals surface area contributed by atoms with Gasteiger partial charge in [0.1, 0.15) is 5.82 Å². The van der Waals surface area contributed by atoms with E-state index < -0.39 is 0 Å². The number of hydrogen-bond donors (Lipinski definition) is 0. The fourth-order valence-corrected chi connectivity index (χ4v) is 4.76. The van der Waals surface area contributed by atoms with E-state index >= 15 is 0 Å². The maximum atomic E-state index is 13.0. The van der Waals surface area contributed by atoms with E-state index in [4.69, 9.17) is 0 Å². The van der Waals surface area contributed by atoms with Gasteiger partial charge in [-0.05, 0) is 49.9 Å². The van der Waals surface area contributed by atoms with Gasteiger partial charge < -0.3 is 4.90 Å². The lowest BCUT2D eigenvalue weighted by Crippen LogP contribution is -2.44. The van der Waals surface area contributed by atoms with Gasteiger partial charge in [0.05, 0.1) is 11.4 Å². The molecule has 1 aromatic carbocycles. The number of piperidine rings is 1. The predicted octanol–water partition coefficient (Wildman–Crippen LogP) is 4.83. The van der Waals surface area contributed by atoms with Crippen LogP contribution in [0.4, 0.5) is 4.39 Å². The summed E-state index contributed by atoms with van der Waals surface area (Å²) < 4.78 is 13.9. The predicted molar refractivity (Wildman–Crippen MR) is 97.9 cm³/mol. The van der Waals surface area contributed by atoms with Gasteiger partial charge in [0, 0.05) is 23.5 Å². The van der Waals surface area contributed by atoms with E-state index in [1.165, 1.54) is 41.7 Å². The number of thioether (sulfide) groups is 1. The number of thiazole rings is 1. The molecule has 0 bridgehead atoms. The molecule has 1 atom stereocenters. The van der Waals surface area contributed by atoms with Crippen LogP contribution in [0.25, 0.3) is 11.3 Å². The van der Waals surface area contributed by atoms with Gasteiger partial charge in [-0.3, -0.25) is 4.79 Å². The minimum Gasteiger partial charge on any atom is -0.339 e. The molecule has 1 aromatic heterocycles. The summed E-state index contributed by atoms with van der Waals surface area (Å²) in [5, 5.41) is 1.95. The van der Waals surface area contributed by atoms with Crippen molar-refractivity contribution in [2.45, 2.75) is 43.0 Å². The standard InChI is InChI=1S/C18H21FN2OS2/c1-2-15-5-3-4-10-21(15)17(22)12-24-18-20-16(11-23-18)13-6-8-14(19)9-7-13/h6-9,11,15H,2-5,10,12H2,1H3. The zero-order chi connectivity index (χ0) is 16.9. The van der Waals surface area contributed by atoms with E-state index in [2.05, 4.69) is 11.9 Å². The number of carbonyl (C=O) groups excluding carboxylic acids is 1. The summed E-state index contributed by atoms with van der Waals surface area (Å²) >= 11 is 3.03. The number of aromatic nitrogens is 1. The second kappa shape index (κ2) is 8.12. The zero-order valence-corrected chi connectivity index (χ0v) is 15.3. The molecule has 1 aliphatic rings. The van der Waals surface area contributed by atoms with Crippen LogP contribution in [0.1, 0.15) is 32.6 Å². The molecule has 24 heavy (non-hydrogen) atoms. The Morgan fingerprint density at radius 3 is 2.92 bits per heavy atom. The van der Waals surface area contributed by atoms with Crippen molar-refractivity contribution in [1.82, 2.24) is 9.88 Å². The van der Waals surface area contributed by atoms with E-state index in [0.29, 0.717) is 11.8 Å². The van der Waals surface area contributed by atoms with E-state index in [0.717, 1.165) is 41.4 Å². The molecular formula is C18H21FN2OS2. The first-order chi connectivity index (χ1) is 11.7. The molecule has 2 aromatic rings. The third-order valence-corrected chi connectivity index (χ3v) is 6.37. The summed E-state index contributed by atoms with van der Waals surface area (Å²) in [7, 11) is 0. The molecule has 2 heterocycles. The van der Waals surface area contributed by atoms with Gasteiger partial charge in [-0.2, -0.15) is 0 Å². The average molecular weight is 365 g/mol. The molecule has 1 amide bonds. The molecule has 128 valence electrons. The Balaban J connectivity index is 1.59. The molecule has 1 saturated heterocycles. The van der Waals surface area contributed by atoms with E-state index in [1.54, 1.807) is 12.1 Å². The Hall–Kier alpha value is -1.40. The van der Waals surface area contributed by atoms with Gasteiger partial charge in [0.2, 0.25) is 5.91 Å². The van der Waals surface area contributed by atoms with Gasteiger partial charge >= 0.3 is 0 Å². The van der Waals surface area contributed by atoms with Crippen molar-refractivity contribution in [3.63, 3.8) is 0 Å². The highest BCUT2D eigenvalue weighted by atomic mass is 32.2. The molecule has 0 spiro atoms. The highest BCUT2D eigenvalue weighted by Crippen LogP contribution is 2.29. The van der Waals surface area contributed by atoms with Crippen LogP contribution in [0.3, 0.4) is 0 Å². The van der Waals surface area contributed by atoms with Crippen molar-refractivity contribution < 1.29 is 9.18 Å². The Bertz CT molecular complexity index is 687. The summed E-state index contributed by atoms with van der Waals surface area (Å²) in [6.45, 7) is 3.04. The summed E-state index contributed by atoms with van der Waals surface area (Å²) in [5.74, 6) is 0.402. The van der Waals surface area contributed by atoms with Gasteiger partial charge in [-0.25, -0.2) is 9.37 Å². The lowest BCUT2D eigenvalue weighted by atomic mass is 10.0. The van der Waals surface area contributed by atoms with Gasteiger partial charge in [-0.1, -0.05) is 18.7 Å². The molecule has 6 heteroatoms. The lowest BCUT2D eigenvalue weighted by molar-refractivity contribution is -0.132. The number of halogens is 1. The molecule has 1 unspecified atom stereocenters. The maximum absolute atomic E-state index is 13.0. The normalized spacial score (nSPS) is 17.9. The number of rotatable bonds is 5. The minimum absolute atomic E-state index is 0.213. The SMILES string of the molecule is CCC1CCCCN1C(=O)CSc1nc(-c2ccc(F)cc2)cs1. The summed E-state index contributed by atoms with van der Waals surface area (Å²) in [6.07, 6.45) is 4.49. The summed E-state index contributed by atoms with van der Waals surface area (Å²) in [6, 6.07) is 6.73. The molecule has 0 radical (unpaired) electrons. The molecular weight excluding hydrogens is 343 g/mol. The van der Waals surface area contributed by atoms with Crippen LogP contribution in [0.2, 0.25) is 0 Å². The summed E-state index contributed by atoms with van der Waals surface area (Å²) in [4.78, 5) is 19.1. The number of likely N-dealkylation sites (tertiary alicyclic amines) is 1. The number of hydrogen-bond acceptors (Lipinski definition) is 4.